The first kappa shape index (κ1) is 14.7. The monoisotopic (exact) mass is 332 g/mol. The van der Waals surface area contributed by atoms with Crippen molar-refractivity contribution in [1.82, 2.24) is 14.8 Å². The molecule has 0 fully saturated rings. The van der Waals surface area contributed by atoms with E-state index in [4.69, 9.17) is 11.6 Å². The third-order valence-electron chi connectivity index (χ3n) is 3.09. The molecule has 1 amide bonds. The Morgan fingerprint density at radius 2 is 2.05 bits per heavy atom. The number of halogens is 1. The zero-order valence-electron chi connectivity index (χ0n) is 12.0. The summed E-state index contributed by atoms with van der Waals surface area (Å²) >= 11 is 7.28. The lowest BCUT2D eigenvalue weighted by atomic mass is 10.1. The summed E-state index contributed by atoms with van der Waals surface area (Å²) < 4.78 is 1.56. The highest BCUT2D eigenvalue weighted by molar-refractivity contribution is 7.13. The first-order valence-electron chi connectivity index (χ1n) is 6.56. The molecular formula is C15H13ClN4OS. The number of aromatic nitrogens is 3. The summed E-state index contributed by atoms with van der Waals surface area (Å²) in [6, 6.07) is 9.08. The molecule has 3 aromatic rings. The Kier molecular flexibility index (Phi) is 3.96. The Balaban J connectivity index is 1.85. The molecule has 0 aliphatic rings. The fourth-order valence-corrected chi connectivity index (χ4v) is 2.82. The molecule has 22 heavy (non-hydrogen) atoms. The van der Waals surface area contributed by atoms with Crippen molar-refractivity contribution in [2.45, 2.75) is 6.92 Å². The lowest BCUT2D eigenvalue weighted by Crippen LogP contribution is -2.15. The molecule has 0 radical (unpaired) electrons. The predicted octanol–water partition coefficient (Wildman–Crippen LogP) is 3.76. The number of hydrogen-bond acceptors (Lipinski definition) is 4. The van der Waals surface area contributed by atoms with E-state index in [1.807, 2.05) is 24.4 Å². The van der Waals surface area contributed by atoms with Crippen molar-refractivity contribution in [2.75, 3.05) is 5.32 Å². The predicted molar refractivity (Wildman–Crippen MR) is 88.5 cm³/mol. The molecule has 0 spiro atoms. The third kappa shape index (κ3) is 3.03. The second-order valence-corrected chi connectivity index (χ2v) is 6.09. The molecule has 2 aromatic heterocycles. The molecule has 5 nitrogen and oxygen atoms in total. The Morgan fingerprint density at radius 1 is 1.32 bits per heavy atom. The van der Waals surface area contributed by atoms with Gasteiger partial charge < -0.3 is 0 Å². The number of anilines is 1. The smallest absolute Gasteiger partial charge is 0.275 e. The van der Waals surface area contributed by atoms with E-state index in [-0.39, 0.29) is 5.91 Å². The topological polar surface area (TPSA) is 59.8 Å². The van der Waals surface area contributed by atoms with Crippen LogP contribution in [0.15, 0.2) is 35.7 Å². The van der Waals surface area contributed by atoms with Crippen LogP contribution in [0.2, 0.25) is 5.02 Å². The molecule has 1 aromatic carbocycles. The van der Waals surface area contributed by atoms with Crippen molar-refractivity contribution in [3.05, 3.63) is 52.1 Å². The van der Waals surface area contributed by atoms with Gasteiger partial charge in [0, 0.05) is 23.0 Å². The lowest BCUT2D eigenvalue weighted by molar-refractivity contribution is 0.101. The van der Waals surface area contributed by atoms with Gasteiger partial charge in [0.1, 0.15) is 5.69 Å². The molecule has 0 saturated heterocycles. The molecule has 0 atom stereocenters. The summed E-state index contributed by atoms with van der Waals surface area (Å²) in [4.78, 5) is 16.5. The molecule has 0 bridgehead atoms. The van der Waals surface area contributed by atoms with E-state index in [0.29, 0.717) is 15.8 Å². The van der Waals surface area contributed by atoms with Crippen LogP contribution in [-0.4, -0.2) is 20.7 Å². The van der Waals surface area contributed by atoms with E-state index in [1.54, 1.807) is 29.9 Å². The number of carbonyl (C=O) groups excluding carboxylic acids is 1. The van der Waals surface area contributed by atoms with Gasteiger partial charge in [-0.3, -0.25) is 14.8 Å². The SMILES string of the molecule is Cc1csc(NC(=O)c2cc(-c3ccc(Cl)cc3)nn2C)n1. The first-order valence-corrected chi connectivity index (χ1v) is 7.82. The number of nitrogens with zero attached hydrogens (tertiary/aromatic N) is 3. The molecule has 0 aliphatic carbocycles. The molecule has 3 rings (SSSR count). The van der Waals surface area contributed by atoms with Gasteiger partial charge in [-0.15, -0.1) is 11.3 Å². The van der Waals surface area contributed by atoms with Crippen molar-refractivity contribution < 1.29 is 4.79 Å². The fourth-order valence-electron chi connectivity index (χ4n) is 2.01. The van der Waals surface area contributed by atoms with Crippen LogP contribution in [0.25, 0.3) is 11.3 Å². The summed E-state index contributed by atoms with van der Waals surface area (Å²) in [6.45, 7) is 1.88. The van der Waals surface area contributed by atoms with Gasteiger partial charge in [-0.05, 0) is 25.1 Å². The third-order valence-corrected chi connectivity index (χ3v) is 4.22. The molecule has 0 unspecified atom stereocenters. The Bertz CT molecular complexity index is 822. The average molecular weight is 333 g/mol. The van der Waals surface area contributed by atoms with Crippen molar-refractivity contribution in [2.24, 2.45) is 7.05 Å². The number of rotatable bonds is 3. The van der Waals surface area contributed by atoms with Gasteiger partial charge in [-0.25, -0.2) is 4.98 Å². The number of benzene rings is 1. The minimum absolute atomic E-state index is 0.232. The van der Waals surface area contributed by atoms with E-state index in [2.05, 4.69) is 15.4 Å². The van der Waals surface area contributed by atoms with Crippen molar-refractivity contribution in [3.63, 3.8) is 0 Å². The summed E-state index contributed by atoms with van der Waals surface area (Å²) in [6.07, 6.45) is 0. The van der Waals surface area contributed by atoms with Crippen molar-refractivity contribution >= 4 is 34.0 Å². The standard InChI is InChI=1S/C15H13ClN4OS/c1-9-8-22-15(17-9)18-14(21)13-7-12(19-20(13)2)10-3-5-11(16)6-4-10/h3-8H,1-2H3,(H,17,18,21). The summed E-state index contributed by atoms with van der Waals surface area (Å²) in [5.41, 5.74) is 2.98. The molecule has 0 aliphatic heterocycles. The second-order valence-electron chi connectivity index (χ2n) is 4.79. The normalized spacial score (nSPS) is 10.7. The highest BCUT2D eigenvalue weighted by Crippen LogP contribution is 2.22. The fraction of sp³-hybridized carbons (Fsp3) is 0.133. The number of thiazole rings is 1. The van der Waals surface area contributed by atoms with Crippen LogP contribution in [-0.2, 0) is 7.05 Å². The van der Waals surface area contributed by atoms with Gasteiger partial charge in [0.15, 0.2) is 5.13 Å². The molecule has 2 heterocycles. The maximum Gasteiger partial charge on any atom is 0.275 e. The lowest BCUT2D eigenvalue weighted by Gasteiger charge is -2.00. The van der Waals surface area contributed by atoms with Crippen molar-refractivity contribution in [3.8, 4) is 11.3 Å². The minimum Gasteiger partial charge on any atom is -0.296 e. The maximum atomic E-state index is 12.3. The Morgan fingerprint density at radius 3 is 2.68 bits per heavy atom. The highest BCUT2D eigenvalue weighted by atomic mass is 35.5. The first-order chi connectivity index (χ1) is 10.5. The van der Waals surface area contributed by atoms with Crippen LogP contribution in [0, 0.1) is 6.92 Å². The molecule has 7 heteroatoms. The maximum absolute atomic E-state index is 12.3. The van der Waals surface area contributed by atoms with Gasteiger partial charge in [-0.1, -0.05) is 23.7 Å². The van der Waals surface area contributed by atoms with Gasteiger partial charge in [0.05, 0.1) is 11.4 Å². The van der Waals surface area contributed by atoms with Crippen LogP contribution in [0.5, 0.6) is 0 Å². The number of aryl methyl sites for hydroxylation is 2. The minimum atomic E-state index is -0.232. The summed E-state index contributed by atoms with van der Waals surface area (Å²) in [5, 5.41) is 10.3. The van der Waals surface area contributed by atoms with E-state index in [0.717, 1.165) is 17.0 Å². The zero-order valence-corrected chi connectivity index (χ0v) is 13.6. The van der Waals surface area contributed by atoms with E-state index >= 15 is 0 Å². The van der Waals surface area contributed by atoms with Crippen LogP contribution < -0.4 is 5.32 Å². The number of hydrogen-bond donors (Lipinski definition) is 1. The van der Waals surface area contributed by atoms with Crippen molar-refractivity contribution in [1.29, 1.82) is 0 Å². The Hall–Kier alpha value is -2.18. The van der Waals surface area contributed by atoms with Gasteiger partial charge in [0.25, 0.3) is 5.91 Å². The van der Waals surface area contributed by atoms with E-state index in [9.17, 15) is 4.79 Å². The number of nitrogens with one attached hydrogen (secondary N) is 1. The zero-order chi connectivity index (χ0) is 15.7. The van der Waals surface area contributed by atoms with Crippen LogP contribution in [0.1, 0.15) is 16.2 Å². The summed E-state index contributed by atoms with van der Waals surface area (Å²) in [5.74, 6) is -0.232. The largest absolute Gasteiger partial charge is 0.296 e. The number of amides is 1. The van der Waals surface area contributed by atoms with Gasteiger partial charge in [-0.2, -0.15) is 5.10 Å². The molecular weight excluding hydrogens is 320 g/mol. The van der Waals surface area contributed by atoms with Crippen LogP contribution in [0.4, 0.5) is 5.13 Å². The Labute approximate surface area is 136 Å². The van der Waals surface area contributed by atoms with Crippen LogP contribution >= 0.6 is 22.9 Å². The van der Waals surface area contributed by atoms with E-state index < -0.39 is 0 Å². The number of carbonyl (C=O) groups is 1. The van der Waals surface area contributed by atoms with E-state index in [1.165, 1.54) is 11.3 Å². The van der Waals surface area contributed by atoms with Gasteiger partial charge >= 0.3 is 0 Å². The summed E-state index contributed by atoms with van der Waals surface area (Å²) in [7, 11) is 1.74. The quantitative estimate of drug-likeness (QED) is 0.794. The van der Waals surface area contributed by atoms with Crippen LogP contribution in [0.3, 0.4) is 0 Å². The molecule has 112 valence electrons. The molecule has 1 N–H and O–H groups in total. The highest BCUT2D eigenvalue weighted by Gasteiger charge is 2.15. The second kappa shape index (κ2) is 5.90. The van der Waals surface area contributed by atoms with Gasteiger partial charge in [0.2, 0.25) is 0 Å². The molecule has 0 saturated carbocycles. The average Bonchev–Trinajstić information content (AvgIpc) is 3.06.